The summed E-state index contributed by atoms with van der Waals surface area (Å²) >= 11 is 3.37. The summed E-state index contributed by atoms with van der Waals surface area (Å²) in [5.74, 6) is 0. The molecule has 0 bridgehead atoms. The highest BCUT2D eigenvalue weighted by molar-refractivity contribution is 9.10. The van der Waals surface area contributed by atoms with Crippen molar-refractivity contribution in [2.75, 3.05) is 0 Å². The summed E-state index contributed by atoms with van der Waals surface area (Å²) in [4.78, 5) is 10.5. The summed E-state index contributed by atoms with van der Waals surface area (Å²) in [7, 11) is 0. The van der Waals surface area contributed by atoms with Crippen LogP contribution in [0, 0.1) is 6.92 Å². The average molecular weight is 216 g/mol. The third kappa shape index (κ3) is 1.38. The van der Waals surface area contributed by atoms with Gasteiger partial charge in [-0.1, -0.05) is 0 Å². The maximum atomic E-state index is 10.5. The molecule has 60 valence electrons. The van der Waals surface area contributed by atoms with Gasteiger partial charge in [-0.25, -0.2) is 0 Å². The van der Waals surface area contributed by atoms with E-state index < -0.39 is 0 Å². The molecule has 1 heterocycles. The van der Waals surface area contributed by atoms with Crippen molar-refractivity contribution in [3.05, 3.63) is 21.9 Å². The van der Waals surface area contributed by atoms with Crippen molar-refractivity contribution < 1.29 is 4.79 Å². The molecule has 0 aromatic carbocycles. The number of carbonyl (C=O) groups excluding carboxylic acids is 1. The number of halogens is 1. The van der Waals surface area contributed by atoms with Crippen molar-refractivity contribution in [2.45, 2.75) is 20.4 Å². The molecule has 0 amide bonds. The molecule has 1 rings (SSSR count). The molecule has 1 aromatic rings. The lowest BCUT2D eigenvalue weighted by molar-refractivity contribution is 0.111. The molecule has 0 saturated heterocycles. The molecule has 0 N–H and O–H groups in total. The van der Waals surface area contributed by atoms with Gasteiger partial charge in [-0.3, -0.25) is 4.79 Å². The van der Waals surface area contributed by atoms with Crippen LogP contribution in [0.5, 0.6) is 0 Å². The summed E-state index contributed by atoms with van der Waals surface area (Å²) in [6, 6.07) is 1.84. The monoisotopic (exact) mass is 215 g/mol. The smallest absolute Gasteiger partial charge is 0.166 e. The summed E-state index contributed by atoms with van der Waals surface area (Å²) in [6.45, 7) is 4.85. The van der Waals surface area contributed by atoms with E-state index in [1.165, 1.54) is 0 Å². The number of aldehydes is 1. The van der Waals surface area contributed by atoms with Crippen LogP contribution in [0.2, 0.25) is 0 Å². The van der Waals surface area contributed by atoms with Crippen LogP contribution in [0.4, 0.5) is 0 Å². The first-order valence-corrected chi connectivity index (χ1v) is 4.30. The first-order valence-electron chi connectivity index (χ1n) is 3.51. The predicted octanol–water partition coefficient (Wildman–Crippen LogP) is 2.39. The van der Waals surface area contributed by atoms with Gasteiger partial charge in [-0.2, -0.15) is 0 Å². The van der Waals surface area contributed by atoms with Gasteiger partial charge in [0.2, 0.25) is 0 Å². The first-order chi connectivity index (χ1) is 5.20. The van der Waals surface area contributed by atoms with Crippen LogP contribution < -0.4 is 0 Å². The molecule has 0 atom stereocenters. The van der Waals surface area contributed by atoms with Crippen molar-refractivity contribution in [2.24, 2.45) is 0 Å². The van der Waals surface area contributed by atoms with Crippen LogP contribution >= 0.6 is 15.9 Å². The Hall–Kier alpha value is -0.570. The van der Waals surface area contributed by atoms with Gasteiger partial charge in [0, 0.05) is 16.7 Å². The van der Waals surface area contributed by atoms with Gasteiger partial charge in [0.05, 0.1) is 5.69 Å². The summed E-state index contributed by atoms with van der Waals surface area (Å²) in [6.07, 6.45) is 0.876. The Labute approximate surface area is 74.3 Å². The van der Waals surface area contributed by atoms with Gasteiger partial charge in [-0.15, -0.1) is 0 Å². The molecule has 0 aliphatic heterocycles. The SMILES string of the molecule is CCn1c(C=O)cc(Br)c1C. The molecule has 3 heteroatoms. The van der Waals surface area contributed by atoms with Crippen LogP contribution in [0.25, 0.3) is 0 Å². The Morgan fingerprint density at radius 1 is 1.73 bits per heavy atom. The highest BCUT2D eigenvalue weighted by atomic mass is 79.9. The number of rotatable bonds is 2. The van der Waals surface area contributed by atoms with Crippen LogP contribution in [-0.2, 0) is 6.54 Å². The van der Waals surface area contributed by atoms with Gasteiger partial charge in [0.25, 0.3) is 0 Å². The van der Waals surface area contributed by atoms with E-state index in [1.807, 2.05) is 24.5 Å². The van der Waals surface area contributed by atoms with E-state index in [0.29, 0.717) is 0 Å². The fourth-order valence-electron chi connectivity index (χ4n) is 1.15. The van der Waals surface area contributed by atoms with Gasteiger partial charge >= 0.3 is 0 Å². The van der Waals surface area contributed by atoms with E-state index in [9.17, 15) is 4.79 Å². The zero-order valence-corrected chi connectivity index (χ0v) is 8.18. The summed E-state index contributed by atoms with van der Waals surface area (Å²) in [5, 5.41) is 0. The third-order valence-electron chi connectivity index (χ3n) is 1.77. The predicted molar refractivity (Wildman–Crippen MR) is 47.9 cm³/mol. The lowest BCUT2D eigenvalue weighted by Crippen LogP contribution is -2.00. The first kappa shape index (κ1) is 8.53. The number of nitrogens with zero attached hydrogens (tertiary/aromatic N) is 1. The van der Waals surface area contributed by atoms with Crippen LogP contribution in [-0.4, -0.2) is 10.9 Å². The number of aromatic nitrogens is 1. The van der Waals surface area contributed by atoms with E-state index in [-0.39, 0.29) is 0 Å². The Morgan fingerprint density at radius 2 is 2.36 bits per heavy atom. The van der Waals surface area contributed by atoms with E-state index in [4.69, 9.17) is 0 Å². The molecule has 2 nitrogen and oxygen atoms in total. The fraction of sp³-hybridized carbons (Fsp3) is 0.375. The third-order valence-corrected chi connectivity index (χ3v) is 2.58. The Bertz CT molecular complexity index is 278. The van der Waals surface area contributed by atoms with E-state index in [2.05, 4.69) is 15.9 Å². The van der Waals surface area contributed by atoms with Crippen molar-refractivity contribution >= 4 is 22.2 Å². The van der Waals surface area contributed by atoms with E-state index in [0.717, 1.165) is 28.7 Å². The zero-order valence-electron chi connectivity index (χ0n) is 6.60. The topological polar surface area (TPSA) is 22.0 Å². The number of hydrogen-bond donors (Lipinski definition) is 0. The molecule has 0 unspecified atom stereocenters. The molecular formula is C8H10BrNO. The highest BCUT2D eigenvalue weighted by Gasteiger charge is 2.06. The van der Waals surface area contributed by atoms with Crippen molar-refractivity contribution in [3.63, 3.8) is 0 Å². The van der Waals surface area contributed by atoms with Crippen LogP contribution in [0.15, 0.2) is 10.5 Å². The number of carbonyl (C=O) groups is 1. The summed E-state index contributed by atoms with van der Waals surface area (Å²) in [5.41, 5.74) is 1.84. The highest BCUT2D eigenvalue weighted by Crippen LogP contribution is 2.19. The maximum Gasteiger partial charge on any atom is 0.166 e. The van der Waals surface area contributed by atoms with Crippen LogP contribution in [0.1, 0.15) is 23.1 Å². The largest absolute Gasteiger partial charge is 0.342 e. The number of hydrogen-bond acceptors (Lipinski definition) is 1. The normalized spacial score (nSPS) is 10.1. The van der Waals surface area contributed by atoms with Gasteiger partial charge in [0.1, 0.15) is 0 Å². The molecule has 1 aromatic heterocycles. The quantitative estimate of drug-likeness (QED) is 0.695. The molecule has 0 radical (unpaired) electrons. The Kier molecular flexibility index (Phi) is 2.49. The van der Waals surface area contributed by atoms with Crippen LogP contribution in [0.3, 0.4) is 0 Å². The second-order valence-corrected chi connectivity index (χ2v) is 3.22. The lowest BCUT2D eigenvalue weighted by Gasteiger charge is -2.02. The lowest BCUT2D eigenvalue weighted by atomic mass is 10.4. The molecule has 0 spiro atoms. The van der Waals surface area contributed by atoms with Crippen molar-refractivity contribution in [1.82, 2.24) is 4.57 Å². The van der Waals surface area contributed by atoms with Gasteiger partial charge in [0.15, 0.2) is 6.29 Å². The van der Waals surface area contributed by atoms with E-state index >= 15 is 0 Å². The summed E-state index contributed by atoms with van der Waals surface area (Å²) < 4.78 is 2.97. The van der Waals surface area contributed by atoms with Crippen molar-refractivity contribution in [1.29, 1.82) is 0 Å². The minimum Gasteiger partial charge on any atom is -0.342 e. The van der Waals surface area contributed by atoms with Gasteiger partial charge < -0.3 is 4.57 Å². The molecule has 0 fully saturated rings. The Morgan fingerprint density at radius 3 is 2.73 bits per heavy atom. The average Bonchev–Trinajstić information content (AvgIpc) is 2.28. The maximum absolute atomic E-state index is 10.5. The minimum absolute atomic E-state index is 0.733. The standard InChI is InChI=1S/C8H10BrNO/c1-3-10-6(2)8(9)4-7(10)5-11/h4-5H,3H2,1-2H3. The molecule has 11 heavy (non-hydrogen) atoms. The molecular weight excluding hydrogens is 206 g/mol. The second-order valence-electron chi connectivity index (χ2n) is 2.36. The Balaban J connectivity index is 3.26. The minimum atomic E-state index is 0.733. The molecule has 0 saturated carbocycles. The van der Waals surface area contributed by atoms with Crippen molar-refractivity contribution in [3.8, 4) is 0 Å². The molecule has 0 aliphatic rings. The van der Waals surface area contributed by atoms with E-state index in [1.54, 1.807) is 0 Å². The molecule has 0 aliphatic carbocycles. The fourth-order valence-corrected chi connectivity index (χ4v) is 1.60. The van der Waals surface area contributed by atoms with Gasteiger partial charge in [-0.05, 0) is 35.8 Å². The second kappa shape index (κ2) is 3.22. The zero-order chi connectivity index (χ0) is 8.43.